The van der Waals surface area contributed by atoms with Gasteiger partial charge in [-0.3, -0.25) is 9.69 Å². The largest absolute Gasteiger partial charge is 0.497 e. The fourth-order valence-corrected chi connectivity index (χ4v) is 5.05. The Morgan fingerprint density at radius 2 is 1.68 bits per heavy atom. The molecular formula is C33H29NO4. The molecule has 0 N–H and O–H groups in total. The maximum atomic E-state index is 13.4. The lowest BCUT2D eigenvalue weighted by atomic mass is 9.98. The lowest BCUT2D eigenvalue weighted by Gasteiger charge is -2.30. The molecule has 0 aromatic heterocycles. The van der Waals surface area contributed by atoms with E-state index in [0.717, 1.165) is 52.3 Å². The van der Waals surface area contributed by atoms with Gasteiger partial charge in [0.1, 0.15) is 24.0 Å². The number of hydrogen-bond acceptors (Lipinski definition) is 5. The van der Waals surface area contributed by atoms with E-state index >= 15 is 0 Å². The SMILES string of the molecule is COc1ccc(CCN2COc3cc(C)c4c(c3C2)O/C(=C/c2ccc(-c3ccccc3)cc2)C4=O)cc1. The zero-order valence-electron chi connectivity index (χ0n) is 21.6. The van der Waals surface area contributed by atoms with Gasteiger partial charge in [0, 0.05) is 13.1 Å². The Kier molecular flexibility index (Phi) is 6.44. The minimum absolute atomic E-state index is 0.0807. The maximum Gasteiger partial charge on any atom is 0.232 e. The van der Waals surface area contributed by atoms with Crippen LogP contribution in [0.4, 0.5) is 0 Å². The fraction of sp³-hybridized carbons (Fsp3) is 0.182. The Morgan fingerprint density at radius 3 is 2.42 bits per heavy atom. The van der Waals surface area contributed by atoms with Crippen LogP contribution >= 0.6 is 0 Å². The summed E-state index contributed by atoms with van der Waals surface area (Å²) < 4.78 is 17.6. The predicted molar refractivity (Wildman–Crippen MR) is 149 cm³/mol. The number of benzene rings is 4. The van der Waals surface area contributed by atoms with E-state index < -0.39 is 0 Å². The Hall–Kier alpha value is -4.35. The standard InChI is InChI=1S/C33H29NO4/c1-22-18-29-28(20-34(21-37-29)17-16-23-10-14-27(36-2)15-11-23)33-31(22)32(35)30(38-33)19-24-8-12-26(13-9-24)25-6-4-3-5-7-25/h3-15,18-19H,16-17,20-21H2,1-2H3/b30-19+. The molecule has 6 rings (SSSR count). The van der Waals surface area contributed by atoms with Gasteiger partial charge < -0.3 is 14.2 Å². The molecule has 0 fully saturated rings. The molecule has 0 radical (unpaired) electrons. The van der Waals surface area contributed by atoms with Crippen LogP contribution in [0.3, 0.4) is 0 Å². The van der Waals surface area contributed by atoms with Crippen molar-refractivity contribution >= 4 is 11.9 Å². The molecule has 0 saturated carbocycles. The van der Waals surface area contributed by atoms with Crippen LogP contribution < -0.4 is 14.2 Å². The lowest BCUT2D eigenvalue weighted by Crippen LogP contribution is -2.33. The molecule has 2 aliphatic rings. The van der Waals surface area contributed by atoms with Crippen molar-refractivity contribution in [2.24, 2.45) is 0 Å². The molecule has 190 valence electrons. The van der Waals surface area contributed by atoms with Crippen LogP contribution in [-0.4, -0.2) is 31.1 Å². The van der Waals surface area contributed by atoms with Gasteiger partial charge >= 0.3 is 0 Å². The van der Waals surface area contributed by atoms with E-state index in [1.165, 1.54) is 5.56 Å². The molecule has 0 saturated heterocycles. The first-order chi connectivity index (χ1) is 18.6. The van der Waals surface area contributed by atoms with Crippen LogP contribution in [0.25, 0.3) is 17.2 Å². The normalized spacial score (nSPS) is 15.5. The predicted octanol–water partition coefficient (Wildman–Crippen LogP) is 6.68. The van der Waals surface area contributed by atoms with Gasteiger partial charge in [0.05, 0.1) is 18.2 Å². The summed E-state index contributed by atoms with van der Waals surface area (Å²) in [5.41, 5.74) is 6.89. The van der Waals surface area contributed by atoms with Gasteiger partial charge in [0.25, 0.3) is 0 Å². The second-order valence-corrected chi connectivity index (χ2v) is 9.73. The van der Waals surface area contributed by atoms with Gasteiger partial charge in [0.15, 0.2) is 5.76 Å². The molecule has 4 aromatic carbocycles. The smallest absolute Gasteiger partial charge is 0.232 e. The zero-order valence-corrected chi connectivity index (χ0v) is 21.6. The Balaban J connectivity index is 1.21. The highest BCUT2D eigenvalue weighted by Crippen LogP contribution is 2.44. The first-order valence-corrected chi connectivity index (χ1v) is 12.8. The number of allylic oxidation sites excluding steroid dienone is 1. The molecule has 38 heavy (non-hydrogen) atoms. The molecule has 2 heterocycles. The Labute approximate surface area is 222 Å². The number of rotatable bonds is 6. The number of ketones is 1. The third-order valence-electron chi connectivity index (χ3n) is 7.18. The van der Waals surface area contributed by atoms with Crippen LogP contribution in [0.5, 0.6) is 17.2 Å². The molecule has 0 spiro atoms. The van der Waals surface area contributed by atoms with E-state index in [1.54, 1.807) is 7.11 Å². The van der Waals surface area contributed by atoms with Crippen LogP contribution in [-0.2, 0) is 13.0 Å². The van der Waals surface area contributed by atoms with Crippen LogP contribution in [0.15, 0.2) is 90.7 Å². The fourth-order valence-electron chi connectivity index (χ4n) is 5.05. The molecule has 5 nitrogen and oxygen atoms in total. The van der Waals surface area contributed by atoms with Crippen molar-refractivity contribution in [1.82, 2.24) is 4.90 Å². The minimum Gasteiger partial charge on any atom is -0.497 e. The van der Waals surface area contributed by atoms with E-state index in [1.807, 2.05) is 61.5 Å². The second-order valence-electron chi connectivity index (χ2n) is 9.73. The first-order valence-electron chi connectivity index (χ1n) is 12.8. The molecule has 5 heteroatoms. The number of aryl methyl sites for hydroxylation is 1. The molecule has 2 aliphatic heterocycles. The van der Waals surface area contributed by atoms with Gasteiger partial charge in [-0.05, 0) is 65.4 Å². The third kappa shape index (κ3) is 4.69. The Bertz CT molecular complexity index is 1510. The summed E-state index contributed by atoms with van der Waals surface area (Å²) >= 11 is 0. The monoisotopic (exact) mass is 503 g/mol. The number of Topliss-reactive ketones (excluding diaryl/α,β-unsaturated/α-hetero) is 1. The van der Waals surface area contributed by atoms with Gasteiger partial charge in [-0.2, -0.15) is 0 Å². The number of carbonyl (C=O) groups excluding carboxylic acids is 1. The molecule has 0 unspecified atom stereocenters. The molecule has 0 aliphatic carbocycles. The summed E-state index contributed by atoms with van der Waals surface area (Å²) in [6.07, 6.45) is 2.72. The first kappa shape index (κ1) is 24.0. The van der Waals surface area contributed by atoms with Crippen molar-refractivity contribution in [3.63, 3.8) is 0 Å². The highest BCUT2D eigenvalue weighted by Gasteiger charge is 2.35. The average molecular weight is 504 g/mol. The quantitative estimate of drug-likeness (QED) is 0.275. The van der Waals surface area contributed by atoms with Gasteiger partial charge in [0.2, 0.25) is 5.78 Å². The number of fused-ring (bicyclic) bond motifs is 3. The minimum atomic E-state index is -0.0807. The number of ether oxygens (including phenoxy) is 3. The maximum absolute atomic E-state index is 13.4. The van der Waals surface area contributed by atoms with Crippen LogP contribution in [0.1, 0.15) is 32.6 Å². The number of carbonyl (C=O) groups is 1. The number of nitrogens with zero attached hydrogens (tertiary/aromatic N) is 1. The summed E-state index contributed by atoms with van der Waals surface area (Å²) in [6, 6.07) is 28.5. The second kappa shape index (κ2) is 10.2. The lowest BCUT2D eigenvalue weighted by molar-refractivity contribution is 0.0949. The topological polar surface area (TPSA) is 48.0 Å². The third-order valence-corrected chi connectivity index (χ3v) is 7.18. The molecule has 0 amide bonds. The van der Waals surface area contributed by atoms with E-state index in [2.05, 4.69) is 41.3 Å². The van der Waals surface area contributed by atoms with Crippen molar-refractivity contribution in [1.29, 1.82) is 0 Å². The van der Waals surface area contributed by atoms with Gasteiger partial charge in [-0.15, -0.1) is 0 Å². The molecular weight excluding hydrogens is 474 g/mol. The molecule has 0 atom stereocenters. The molecule has 0 bridgehead atoms. The van der Waals surface area contributed by atoms with Gasteiger partial charge in [-0.1, -0.05) is 66.7 Å². The summed E-state index contributed by atoms with van der Waals surface area (Å²) in [7, 11) is 1.67. The Morgan fingerprint density at radius 1 is 0.947 bits per heavy atom. The number of methoxy groups -OCH3 is 1. The van der Waals surface area contributed by atoms with Crippen molar-refractivity contribution in [3.05, 3.63) is 119 Å². The zero-order chi connectivity index (χ0) is 26.1. The van der Waals surface area contributed by atoms with E-state index in [-0.39, 0.29) is 5.78 Å². The highest BCUT2D eigenvalue weighted by atomic mass is 16.5. The molecule has 4 aromatic rings. The summed E-state index contributed by atoms with van der Waals surface area (Å²) in [6.45, 7) is 3.95. The van der Waals surface area contributed by atoms with Crippen molar-refractivity contribution in [2.45, 2.75) is 19.9 Å². The van der Waals surface area contributed by atoms with Crippen molar-refractivity contribution in [3.8, 4) is 28.4 Å². The van der Waals surface area contributed by atoms with Crippen molar-refractivity contribution < 1.29 is 19.0 Å². The van der Waals surface area contributed by atoms with Crippen molar-refractivity contribution in [2.75, 3.05) is 20.4 Å². The van der Waals surface area contributed by atoms with Crippen LogP contribution in [0.2, 0.25) is 0 Å². The summed E-state index contributed by atoms with van der Waals surface area (Å²) in [4.78, 5) is 15.6. The van der Waals surface area contributed by atoms with E-state index in [0.29, 0.717) is 30.3 Å². The van der Waals surface area contributed by atoms with E-state index in [9.17, 15) is 4.79 Å². The summed E-state index contributed by atoms with van der Waals surface area (Å²) in [5, 5.41) is 0. The number of hydrogen-bond donors (Lipinski definition) is 0. The highest BCUT2D eigenvalue weighted by molar-refractivity contribution is 6.15. The van der Waals surface area contributed by atoms with E-state index in [4.69, 9.17) is 14.2 Å². The van der Waals surface area contributed by atoms with Crippen LogP contribution in [0, 0.1) is 6.92 Å². The summed E-state index contributed by atoms with van der Waals surface area (Å²) in [5.74, 6) is 2.55. The van der Waals surface area contributed by atoms with Gasteiger partial charge in [-0.25, -0.2) is 0 Å². The average Bonchev–Trinajstić information content (AvgIpc) is 3.29.